The molecule has 0 aliphatic rings. The molecule has 0 unspecified atom stereocenters. The highest BCUT2D eigenvalue weighted by molar-refractivity contribution is 14.1. The van der Waals surface area contributed by atoms with E-state index < -0.39 is 5.82 Å². The number of nitrogens with zero attached hydrogens (tertiary/aromatic N) is 1. The minimum atomic E-state index is -0.485. The molecule has 0 saturated carbocycles. The van der Waals surface area contributed by atoms with Crippen LogP contribution >= 0.6 is 22.6 Å². The highest BCUT2D eigenvalue weighted by Crippen LogP contribution is 2.17. The predicted octanol–water partition coefficient (Wildman–Crippen LogP) is 3.14. The Labute approximate surface area is 129 Å². The molecule has 0 radical (unpaired) electrons. The molecule has 0 aromatic heterocycles. The van der Waals surface area contributed by atoms with Crippen LogP contribution in [0.1, 0.15) is 11.1 Å². The summed E-state index contributed by atoms with van der Waals surface area (Å²) in [5.74, 6) is -0.723. The number of hydrogen-bond acceptors (Lipinski definition) is 3. The minimum Gasteiger partial charge on any atom is -0.409 e. The van der Waals surface area contributed by atoms with Crippen molar-refractivity contribution < 1.29 is 9.60 Å². The van der Waals surface area contributed by atoms with E-state index in [0.717, 1.165) is 9.26 Å². The van der Waals surface area contributed by atoms with Gasteiger partial charge >= 0.3 is 0 Å². The van der Waals surface area contributed by atoms with Crippen LogP contribution in [0.5, 0.6) is 0 Å². The molecule has 0 aliphatic heterocycles. The van der Waals surface area contributed by atoms with Gasteiger partial charge in [0.25, 0.3) is 0 Å². The topological polar surface area (TPSA) is 70.6 Å². The van der Waals surface area contributed by atoms with Gasteiger partial charge in [0.1, 0.15) is 5.82 Å². The Hall–Kier alpha value is -1.83. The van der Waals surface area contributed by atoms with Crippen LogP contribution in [-0.4, -0.2) is 11.0 Å². The van der Waals surface area contributed by atoms with Gasteiger partial charge in [0.15, 0.2) is 5.84 Å². The number of anilines is 1. The maximum atomic E-state index is 14.2. The van der Waals surface area contributed by atoms with Crippen LogP contribution in [0.4, 0.5) is 10.1 Å². The summed E-state index contributed by atoms with van der Waals surface area (Å²) in [7, 11) is 0. The number of oxime groups is 1. The van der Waals surface area contributed by atoms with Crippen LogP contribution in [0.2, 0.25) is 0 Å². The highest BCUT2D eigenvalue weighted by Gasteiger charge is 2.11. The molecule has 0 fully saturated rings. The Morgan fingerprint density at radius 3 is 2.75 bits per heavy atom. The smallest absolute Gasteiger partial charge is 0.173 e. The van der Waals surface area contributed by atoms with Crippen molar-refractivity contribution in [3.8, 4) is 0 Å². The van der Waals surface area contributed by atoms with E-state index in [0.29, 0.717) is 12.1 Å². The Morgan fingerprint density at radius 1 is 1.30 bits per heavy atom. The van der Waals surface area contributed by atoms with Gasteiger partial charge in [-0.1, -0.05) is 23.4 Å². The third-order valence-corrected chi connectivity index (χ3v) is 3.44. The Kier molecular flexibility index (Phi) is 4.78. The molecule has 0 saturated heterocycles. The van der Waals surface area contributed by atoms with Crippen molar-refractivity contribution in [2.75, 3.05) is 5.32 Å². The lowest BCUT2D eigenvalue weighted by Crippen LogP contribution is -2.16. The van der Waals surface area contributed by atoms with Gasteiger partial charge in [-0.3, -0.25) is 0 Å². The van der Waals surface area contributed by atoms with E-state index >= 15 is 0 Å². The van der Waals surface area contributed by atoms with E-state index in [1.54, 1.807) is 12.1 Å². The van der Waals surface area contributed by atoms with Gasteiger partial charge in [0.2, 0.25) is 0 Å². The third kappa shape index (κ3) is 3.38. The first-order valence-electron chi connectivity index (χ1n) is 5.86. The van der Waals surface area contributed by atoms with Gasteiger partial charge in [0.05, 0.1) is 5.56 Å². The Bertz CT molecular complexity index is 646. The van der Waals surface area contributed by atoms with Gasteiger partial charge in [-0.05, 0) is 46.9 Å². The zero-order valence-electron chi connectivity index (χ0n) is 10.5. The maximum absolute atomic E-state index is 14.2. The summed E-state index contributed by atoms with van der Waals surface area (Å²) in [6.45, 7) is 0.318. The SMILES string of the molecule is N/C(=N/O)c1cccc(CNc2cccc(I)c2)c1F. The lowest BCUT2D eigenvalue weighted by Gasteiger charge is -2.10. The van der Waals surface area contributed by atoms with E-state index in [-0.39, 0.29) is 11.4 Å². The van der Waals surface area contributed by atoms with Crippen molar-refractivity contribution in [1.29, 1.82) is 0 Å². The van der Waals surface area contributed by atoms with Crippen molar-refractivity contribution in [2.45, 2.75) is 6.54 Å². The van der Waals surface area contributed by atoms with Gasteiger partial charge < -0.3 is 16.3 Å². The fourth-order valence-electron chi connectivity index (χ4n) is 1.76. The molecular weight excluding hydrogens is 372 g/mol. The fourth-order valence-corrected chi connectivity index (χ4v) is 2.31. The molecule has 104 valence electrons. The van der Waals surface area contributed by atoms with Gasteiger partial charge in [-0.25, -0.2) is 4.39 Å². The lowest BCUT2D eigenvalue weighted by molar-refractivity contribution is 0.318. The number of nitrogens with one attached hydrogen (secondary N) is 1. The van der Waals surface area contributed by atoms with Gasteiger partial charge in [-0.2, -0.15) is 0 Å². The zero-order valence-corrected chi connectivity index (χ0v) is 12.6. The average molecular weight is 385 g/mol. The molecular formula is C14H13FIN3O. The normalized spacial score (nSPS) is 11.4. The quantitative estimate of drug-likeness (QED) is 0.249. The molecule has 0 aliphatic carbocycles. The molecule has 2 rings (SSSR count). The van der Waals surface area contributed by atoms with Crippen molar-refractivity contribution in [2.24, 2.45) is 10.9 Å². The largest absolute Gasteiger partial charge is 0.409 e. The first-order valence-corrected chi connectivity index (χ1v) is 6.94. The first kappa shape index (κ1) is 14.6. The second-order valence-corrected chi connectivity index (χ2v) is 5.37. The molecule has 20 heavy (non-hydrogen) atoms. The van der Waals surface area contributed by atoms with Crippen molar-refractivity contribution in [3.63, 3.8) is 0 Å². The number of benzene rings is 2. The highest BCUT2D eigenvalue weighted by atomic mass is 127. The average Bonchev–Trinajstić information content (AvgIpc) is 2.45. The van der Waals surface area contributed by atoms with Crippen molar-refractivity contribution in [1.82, 2.24) is 0 Å². The predicted molar refractivity (Wildman–Crippen MR) is 85.4 cm³/mol. The summed E-state index contributed by atoms with van der Waals surface area (Å²) in [6.07, 6.45) is 0. The van der Waals surface area contributed by atoms with Crippen LogP contribution in [0.3, 0.4) is 0 Å². The first-order chi connectivity index (χ1) is 9.61. The number of hydrogen-bond donors (Lipinski definition) is 3. The lowest BCUT2D eigenvalue weighted by atomic mass is 10.1. The third-order valence-electron chi connectivity index (χ3n) is 2.77. The standard InChI is InChI=1S/C14H13FIN3O/c15-13-9(3-1-6-12(13)14(17)19-20)8-18-11-5-2-4-10(16)7-11/h1-7,18,20H,8H2,(H2,17,19). The summed E-state index contributed by atoms with van der Waals surface area (Å²) in [6, 6.07) is 12.6. The van der Waals surface area contributed by atoms with Gasteiger partial charge in [-0.15, -0.1) is 0 Å². The zero-order chi connectivity index (χ0) is 14.5. The molecule has 4 N–H and O–H groups in total. The molecule has 0 amide bonds. The molecule has 0 heterocycles. The monoisotopic (exact) mass is 385 g/mol. The molecule has 0 bridgehead atoms. The van der Waals surface area contributed by atoms with E-state index in [1.165, 1.54) is 6.07 Å². The van der Waals surface area contributed by atoms with Crippen LogP contribution in [0.15, 0.2) is 47.6 Å². The summed E-state index contributed by atoms with van der Waals surface area (Å²) < 4.78 is 15.3. The maximum Gasteiger partial charge on any atom is 0.173 e. The second-order valence-electron chi connectivity index (χ2n) is 4.13. The molecule has 4 nitrogen and oxygen atoms in total. The number of rotatable bonds is 4. The van der Waals surface area contributed by atoms with E-state index in [9.17, 15) is 4.39 Å². The fraction of sp³-hybridized carbons (Fsp3) is 0.0714. The molecule has 0 spiro atoms. The Morgan fingerprint density at radius 2 is 2.05 bits per heavy atom. The van der Waals surface area contributed by atoms with Crippen LogP contribution in [-0.2, 0) is 6.54 Å². The summed E-state index contributed by atoms with van der Waals surface area (Å²) in [5, 5.41) is 14.6. The number of nitrogens with two attached hydrogens (primary N) is 1. The summed E-state index contributed by atoms with van der Waals surface area (Å²) in [4.78, 5) is 0. The number of halogens is 2. The molecule has 0 atom stereocenters. The van der Waals surface area contributed by atoms with E-state index in [2.05, 4.69) is 33.1 Å². The molecule has 2 aromatic rings. The molecule has 2 aromatic carbocycles. The van der Waals surface area contributed by atoms with Crippen molar-refractivity contribution in [3.05, 3.63) is 63.0 Å². The van der Waals surface area contributed by atoms with E-state index in [1.807, 2.05) is 24.3 Å². The minimum absolute atomic E-state index is 0.0921. The summed E-state index contributed by atoms with van der Waals surface area (Å²) in [5.41, 5.74) is 6.88. The van der Waals surface area contributed by atoms with Gasteiger partial charge in [0, 0.05) is 21.4 Å². The Balaban J connectivity index is 2.18. The van der Waals surface area contributed by atoms with Crippen LogP contribution in [0.25, 0.3) is 0 Å². The summed E-state index contributed by atoms with van der Waals surface area (Å²) >= 11 is 2.21. The van der Waals surface area contributed by atoms with Crippen molar-refractivity contribution >= 4 is 34.1 Å². The van der Waals surface area contributed by atoms with E-state index in [4.69, 9.17) is 10.9 Å². The van der Waals surface area contributed by atoms with Crippen LogP contribution in [0, 0.1) is 9.39 Å². The number of amidine groups is 1. The second kappa shape index (κ2) is 6.56. The van der Waals surface area contributed by atoms with Crippen LogP contribution < -0.4 is 11.1 Å². The molecule has 6 heteroatoms.